The normalized spacial score (nSPS) is 17.8. The predicted molar refractivity (Wildman–Crippen MR) is 115 cm³/mol. The van der Waals surface area contributed by atoms with Crippen molar-refractivity contribution >= 4 is 23.5 Å². The van der Waals surface area contributed by atoms with Gasteiger partial charge in [0.25, 0.3) is 0 Å². The summed E-state index contributed by atoms with van der Waals surface area (Å²) in [6.07, 6.45) is 1.60. The highest BCUT2D eigenvalue weighted by atomic mass is 16.5. The van der Waals surface area contributed by atoms with Gasteiger partial charge in [-0.15, -0.1) is 0 Å². The number of ether oxygens (including phenoxy) is 2. The minimum atomic E-state index is -1.43. The number of amides is 2. The zero-order valence-corrected chi connectivity index (χ0v) is 18.4. The number of hydrogen-bond acceptors (Lipinski definition) is 6. The predicted octanol–water partition coefficient (Wildman–Crippen LogP) is 2.30. The van der Waals surface area contributed by atoms with E-state index in [0.29, 0.717) is 17.1 Å². The van der Waals surface area contributed by atoms with Gasteiger partial charge in [-0.3, -0.25) is 14.6 Å². The number of hydrogen-bond donors (Lipinski definition) is 0. The van der Waals surface area contributed by atoms with Gasteiger partial charge in [0.1, 0.15) is 5.75 Å². The molecule has 2 aromatic rings. The number of carbonyl (C=O) groups is 3. The molecule has 164 valence electrons. The van der Waals surface area contributed by atoms with Crippen LogP contribution < -0.4 is 9.64 Å². The first kappa shape index (κ1) is 22.3. The molecule has 2 atom stereocenters. The fraction of sp³-hybridized carbons (Fsp3) is 0.391. The Hall–Kier alpha value is -3.42. The van der Waals surface area contributed by atoms with Gasteiger partial charge in [-0.05, 0) is 43.7 Å². The molecule has 0 spiro atoms. The quantitative estimate of drug-likeness (QED) is 0.660. The Morgan fingerprint density at radius 2 is 1.97 bits per heavy atom. The average Bonchev–Trinajstić information content (AvgIpc) is 3.18. The molecule has 0 bridgehead atoms. The molecule has 31 heavy (non-hydrogen) atoms. The molecule has 1 aromatic carbocycles. The van der Waals surface area contributed by atoms with Gasteiger partial charge in [0.05, 0.1) is 31.5 Å². The molecule has 0 N–H and O–H groups in total. The maximum absolute atomic E-state index is 13.4. The second-order valence-electron chi connectivity index (χ2n) is 7.76. The number of anilines is 1. The van der Waals surface area contributed by atoms with Crippen molar-refractivity contribution in [2.24, 2.45) is 5.92 Å². The average molecular weight is 425 g/mol. The van der Waals surface area contributed by atoms with E-state index in [4.69, 9.17) is 9.47 Å². The Morgan fingerprint density at radius 3 is 2.58 bits per heavy atom. The molecule has 2 amide bonds. The Labute approximate surface area is 181 Å². The van der Waals surface area contributed by atoms with E-state index in [-0.39, 0.29) is 24.8 Å². The number of benzene rings is 1. The van der Waals surface area contributed by atoms with E-state index in [1.54, 1.807) is 49.4 Å². The number of aryl methyl sites for hydroxylation is 1. The van der Waals surface area contributed by atoms with Crippen molar-refractivity contribution in [1.29, 1.82) is 0 Å². The standard InChI is InChI=1S/C23H27N3O5/c1-15-9-10-18(30-4)17(12-15)26-14-16(13-20(26)27)21(28)25(3)23(2,22(29)31-5)19-8-6-7-11-24-19/h6-12,16H,13-14H2,1-5H3/t16-,23-/m1/s1. The molecule has 8 nitrogen and oxygen atoms in total. The van der Waals surface area contributed by atoms with Gasteiger partial charge in [-0.25, -0.2) is 4.79 Å². The van der Waals surface area contributed by atoms with Gasteiger partial charge in [0, 0.05) is 26.2 Å². The Bertz CT molecular complexity index is 994. The SMILES string of the molecule is COC(=O)[C@@](C)(c1ccccn1)N(C)C(=O)[C@@H]1CC(=O)N(c2cc(C)ccc2OC)C1. The molecular formula is C23H27N3O5. The molecular weight excluding hydrogens is 398 g/mol. The number of likely N-dealkylation sites (N-methyl/N-ethyl adjacent to an activating group) is 1. The van der Waals surface area contributed by atoms with Crippen molar-refractivity contribution in [2.75, 3.05) is 32.7 Å². The summed E-state index contributed by atoms with van der Waals surface area (Å²) in [6.45, 7) is 3.72. The third kappa shape index (κ3) is 3.97. The van der Waals surface area contributed by atoms with Crippen LogP contribution in [-0.4, -0.2) is 55.5 Å². The van der Waals surface area contributed by atoms with Crippen LogP contribution in [0.25, 0.3) is 0 Å². The van der Waals surface area contributed by atoms with Crippen molar-refractivity contribution in [2.45, 2.75) is 25.8 Å². The van der Waals surface area contributed by atoms with Crippen molar-refractivity contribution in [1.82, 2.24) is 9.88 Å². The van der Waals surface area contributed by atoms with Gasteiger partial charge in [-0.1, -0.05) is 12.1 Å². The van der Waals surface area contributed by atoms with E-state index in [0.717, 1.165) is 5.56 Å². The highest BCUT2D eigenvalue weighted by molar-refractivity contribution is 6.02. The summed E-state index contributed by atoms with van der Waals surface area (Å²) >= 11 is 0. The van der Waals surface area contributed by atoms with Crippen molar-refractivity contribution in [3.63, 3.8) is 0 Å². The molecule has 0 saturated carbocycles. The minimum Gasteiger partial charge on any atom is -0.495 e. The molecule has 1 aliphatic rings. The molecule has 0 radical (unpaired) electrons. The second kappa shape index (κ2) is 8.75. The fourth-order valence-electron chi connectivity index (χ4n) is 3.87. The number of methoxy groups -OCH3 is 2. The van der Waals surface area contributed by atoms with E-state index < -0.39 is 17.4 Å². The Morgan fingerprint density at radius 1 is 1.23 bits per heavy atom. The number of pyridine rings is 1. The zero-order valence-electron chi connectivity index (χ0n) is 18.4. The molecule has 1 saturated heterocycles. The Balaban J connectivity index is 1.90. The summed E-state index contributed by atoms with van der Waals surface area (Å²) < 4.78 is 10.4. The lowest BCUT2D eigenvalue weighted by atomic mass is 9.93. The Kier molecular flexibility index (Phi) is 6.29. The van der Waals surface area contributed by atoms with Crippen LogP contribution in [0.4, 0.5) is 5.69 Å². The third-order valence-electron chi connectivity index (χ3n) is 5.85. The number of nitrogens with zero attached hydrogens (tertiary/aromatic N) is 3. The van der Waals surface area contributed by atoms with Crippen LogP contribution in [0.15, 0.2) is 42.6 Å². The number of carbonyl (C=O) groups excluding carboxylic acids is 3. The smallest absolute Gasteiger partial charge is 0.337 e. The van der Waals surface area contributed by atoms with Crippen molar-refractivity contribution in [3.8, 4) is 5.75 Å². The van der Waals surface area contributed by atoms with Crippen LogP contribution in [0, 0.1) is 12.8 Å². The van der Waals surface area contributed by atoms with E-state index in [1.807, 2.05) is 19.1 Å². The van der Waals surface area contributed by atoms with Gasteiger partial charge < -0.3 is 19.3 Å². The molecule has 0 unspecified atom stereocenters. The molecule has 0 aliphatic carbocycles. The number of rotatable bonds is 6. The molecule has 1 aromatic heterocycles. The summed E-state index contributed by atoms with van der Waals surface area (Å²) in [5, 5.41) is 0. The summed E-state index contributed by atoms with van der Waals surface area (Å²) in [5.74, 6) is -1.17. The highest BCUT2D eigenvalue weighted by Crippen LogP contribution is 2.36. The minimum absolute atomic E-state index is 0.0414. The lowest BCUT2D eigenvalue weighted by Gasteiger charge is -2.37. The van der Waals surface area contributed by atoms with Crippen LogP contribution in [0.5, 0.6) is 5.75 Å². The van der Waals surface area contributed by atoms with Crippen LogP contribution in [0.2, 0.25) is 0 Å². The third-order valence-corrected chi connectivity index (χ3v) is 5.85. The molecule has 8 heteroatoms. The zero-order chi connectivity index (χ0) is 22.8. The first-order valence-corrected chi connectivity index (χ1v) is 9.96. The molecule has 1 aliphatic heterocycles. The molecule has 1 fully saturated rings. The van der Waals surface area contributed by atoms with Gasteiger partial charge in [0.2, 0.25) is 11.8 Å². The van der Waals surface area contributed by atoms with E-state index in [9.17, 15) is 14.4 Å². The van der Waals surface area contributed by atoms with Crippen molar-refractivity contribution in [3.05, 3.63) is 53.9 Å². The first-order valence-electron chi connectivity index (χ1n) is 9.96. The van der Waals surface area contributed by atoms with Crippen LogP contribution in [0.3, 0.4) is 0 Å². The first-order chi connectivity index (χ1) is 14.7. The van der Waals surface area contributed by atoms with Crippen LogP contribution >= 0.6 is 0 Å². The van der Waals surface area contributed by atoms with Gasteiger partial charge >= 0.3 is 5.97 Å². The van der Waals surface area contributed by atoms with Crippen LogP contribution in [-0.2, 0) is 24.7 Å². The molecule has 3 rings (SSSR count). The van der Waals surface area contributed by atoms with Gasteiger partial charge in [-0.2, -0.15) is 0 Å². The maximum atomic E-state index is 13.4. The van der Waals surface area contributed by atoms with E-state index >= 15 is 0 Å². The lowest BCUT2D eigenvalue weighted by Crippen LogP contribution is -2.53. The van der Waals surface area contributed by atoms with Crippen molar-refractivity contribution < 1.29 is 23.9 Å². The summed E-state index contributed by atoms with van der Waals surface area (Å²) in [4.78, 5) is 46.1. The summed E-state index contributed by atoms with van der Waals surface area (Å²) in [7, 11) is 4.35. The summed E-state index contributed by atoms with van der Waals surface area (Å²) in [5.41, 5.74) is 0.568. The maximum Gasteiger partial charge on any atom is 0.337 e. The monoisotopic (exact) mass is 425 g/mol. The summed E-state index contributed by atoms with van der Waals surface area (Å²) in [6, 6.07) is 10.7. The van der Waals surface area contributed by atoms with E-state index in [2.05, 4.69) is 4.98 Å². The van der Waals surface area contributed by atoms with E-state index in [1.165, 1.54) is 19.1 Å². The lowest BCUT2D eigenvalue weighted by molar-refractivity contribution is -0.162. The number of esters is 1. The van der Waals surface area contributed by atoms with Crippen LogP contribution in [0.1, 0.15) is 24.6 Å². The van der Waals surface area contributed by atoms with Gasteiger partial charge in [0.15, 0.2) is 5.54 Å². The highest BCUT2D eigenvalue weighted by Gasteiger charge is 2.48. The largest absolute Gasteiger partial charge is 0.495 e. The topological polar surface area (TPSA) is 89.0 Å². The number of aromatic nitrogens is 1. The second-order valence-corrected chi connectivity index (χ2v) is 7.76. The fourth-order valence-corrected chi connectivity index (χ4v) is 3.87. The molecule has 2 heterocycles.